The molecule has 3 aromatic rings. The number of nitrogens with one attached hydrogen (secondary N) is 2. The number of fused-ring (bicyclic) bond motifs is 1. The first kappa shape index (κ1) is 13.9. The lowest BCUT2D eigenvalue weighted by molar-refractivity contribution is -0.121. The van der Waals surface area contributed by atoms with Crippen LogP contribution in [0.3, 0.4) is 0 Å². The maximum Gasteiger partial charge on any atom is 0.220 e. The van der Waals surface area contributed by atoms with Crippen LogP contribution in [0.1, 0.15) is 16.9 Å². The molecule has 21 heavy (non-hydrogen) atoms. The van der Waals surface area contributed by atoms with Crippen molar-refractivity contribution in [2.75, 3.05) is 6.54 Å². The lowest BCUT2D eigenvalue weighted by atomic mass is 10.1. The van der Waals surface area contributed by atoms with Crippen LogP contribution in [-0.4, -0.2) is 17.4 Å². The van der Waals surface area contributed by atoms with E-state index in [0.717, 1.165) is 18.4 Å². The number of carbonyl (C=O) groups is 1. The normalized spacial score (nSPS) is 10.9. The molecule has 4 heteroatoms. The fraction of sp³-hybridized carbons (Fsp3) is 0.235. The minimum atomic E-state index is 0.122. The highest BCUT2D eigenvalue weighted by atomic mass is 32.1. The van der Waals surface area contributed by atoms with Gasteiger partial charge in [0, 0.05) is 34.9 Å². The molecule has 0 fully saturated rings. The Hall–Kier alpha value is -2.07. The number of aromatic nitrogens is 1. The fourth-order valence-electron chi connectivity index (χ4n) is 2.45. The Morgan fingerprint density at radius 1 is 1.14 bits per heavy atom. The summed E-state index contributed by atoms with van der Waals surface area (Å²) in [6, 6.07) is 12.3. The van der Waals surface area contributed by atoms with Gasteiger partial charge in [0.05, 0.1) is 0 Å². The zero-order chi connectivity index (χ0) is 14.5. The molecule has 2 heterocycles. The van der Waals surface area contributed by atoms with Gasteiger partial charge in [-0.25, -0.2) is 0 Å². The minimum Gasteiger partial charge on any atom is -0.361 e. The average Bonchev–Trinajstić information content (AvgIpc) is 3.14. The Balaban J connectivity index is 1.47. The number of para-hydroxylation sites is 1. The fourth-order valence-corrected chi connectivity index (χ4v) is 3.16. The maximum atomic E-state index is 11.9. The first-order valence-electron chi connectivity index (χ1n) is 7.17. The molecule has 0 bridgehead atoms. The lowest BCUT2D eigenvalue weighted by Crippen LogP contribution is -2.25. The van der Waals surface area contributed by atoms with Crippen LogP contribution in [0.25, 0.3) is 10.9 Å². The van der Waals surface area contributed by atoms with Gasteiger partial charge in [-0.1, -0.05) is 24.3 Å². The Morgan fingerprint density at radius 2 is 2.05 bits per heavy atom. The number of carbonyl (C=O) groups excluding carboxylic acids is 1. The van der Waals surface area contributed by atoms with Gasteiger partial charge in [0.1, 0.15) is 0 Å². The van der Waals surface area contributed by atoms with Crippen LogP contribution in [0.5, 0.6) is 0 Å². The molecule has 0 atom stereocenters. The molecule has 0 aliphatic rings. The van der Waals surface area contributed by atoms with Gasteiger partial charge in [-0.05, 0) is 35.9 Å². The van der Waals surface area contributed by atoms with Gasteiger partial charge in [0.2, 0.25) is 5.91 Å². The maximum absolute atomic E-state index is 11.9. The van der Waals surface area contributed by atoms with Crippen LogP contribution >= 0.6 is 11.3 Å². The third-order valence-electron chi connectivity index (χ3n) is 3.57. The van der Waals surface area contributed by atoms with Crippen molar-refractivity contribution in [3.8, 4) is 0 Å². The van der Waals surface area contributed by atoms with E-state index < -0.39 is 0 Å². The molecule has 0 aliphatic heterocycles. The molecular weight excluding hydrogens is 280 g/mol. The number of H-pyrrole nitrogens is 1. The summed E-state index contributed by atoms with van der Waals surface area (Å²) in [6.45, 7) is 0.716. The number of aryl methyl sites for hydroxylation is 1. The second kappa shape index (κ2) is 6.59. The minimum absolute atomic E-state index is 0.122. The van der Waals surface area contributed by atoms with Gasteiger partial charge in [-0.15, -0.1) is 11.3 Å². The van der Waals surface area contributed by atoms with Crippen molar-refractivity contribution in [3.63, 3.8) is 0 Å². The van der Waals surface area contributed by atoms with Crippen LogP contribution in [0.4, 0.5) is 0 Å². The number of hydrogen-bond acceptors (Lipinski definition) is 2. The summed E-state index contributed by atoms with van der Waals surface area (Å²) in [4.78, 5) is 16.4. The highest BCUT2D eigenvalue weighted by molar-refractivity contribution is 7.09. The molecule has 3 rings (SSSR count). The van der Waals surface area contributed by atoms with E-state index in [1.807, 2.05) is 24.4 Å². The number of hydrogen-bond donors (Lipinski definition) is 2. The van der Waals surface area contributed by atoms with Crippen molar-refractivity contribution in [2.24, 2.45) is 0 Å². The van der Waals surface area contributed by atoms with Crippen LogP contribution in [-0.2, 0) is 17.6 Å². The van der Waals surface area contributed by atoms with Crippen LogP contribution in [0.15, 0.2) is 48.0 Å². The Labute approximate surface area is 128 Å². The molecule has 0 unspecified atom stereocenters. The molecule has 108 valence electrons. The molecule has 1 amide bonds. The first-order valence-corrected chi connectivity index (χ1v) is 8.05. The van der Waals surface area contributed by atoms with E-state index in [4.69, 9.17) is 0 Å². The predicted molar refractivity (Wildman–Crippen MR) is 87.7 cm³/mol. The van der Waals surface area contributed by atoms with Crippen LogP contribution in [0.2, 0.25) is 0 Å². The standard InChI is InChI=1S/C17H18N2OS/c20-17(18-10-9-14-4-3-11-21-14)8-7-13-12-19-16-6-2-1-5-15(13)16/h1-6,11-12,19H,7-10H2,(H,18,20). The predicted octanol–water partition coefficient (Wildman–Crippen LogP) is 3.52. The highest BCUT2D eigenvalue weighted by Gasteiger charge is 2.06. The Bertz CT molecular complexity index is 715. The quantitative estimate of drug-likeness (QED) is 0.718. The summed E-state index contributed by atoms with van der Waals surface area (Å²) in [5.41, 5.74) is 2.34. The summed E-state index contributed by atoms with van der Waals surface area (Å²) in [6.07, 6.45) is 4.22. The zero-order valence-electron chi connectivity index (χ0n) is 11.8. The van der Waals surface area contributed by atoms with E-state index in [-0.39, 0.29) is 5.91 Å². The summed E-state index contributed by atoms with van der Waals surface area (Å²) >= 11 is 1.73. The third kappa shape index (κ3) is 3.52. The topological polar surface area (TPSA) is 44.9 Å². The first-order chi connectivity index (χ1) is 10.3. The second-order valence-electron chi connectivity index (χ2n) is 5.04. The number of benzene rings is 1. The van der Waals surface area contributed by atoms with E-state index >= 15 is 0 Å². The second-order valence-corrected chi connectivity index (χ2v) is 6.07. The molecule has 0 spiro atoms. The van der Waals surface area contributed by atoms with Crippen LogP contribution < -0.4 is 5.32 Å². The van der Waals surface area contributed by atoms with Gasteiger partial charge in [0.15, 0.2) is 0 Å². The van der Waals surface area contributed by atoms with E-state index in [1.165, 1.54) is 15.8 Å². The number of amides is 1. The lowest BCUT2D eigenvalue weighted by Gasteiger charge is -2.04. The van der Waals surface area contributed by atoms with E-state index in [9.17, 15) is 4.79 Å². The molecule has 0 saturated heterocycles. The smallest absolute Gasteiger partial charge is 0.220 e. The van der Waals surface area contributed by atoms with Gasteiger partial charge in [-0.2, -0.15) is 0 Å². The molecular formula is C17H18N2OS. The molecule has 2 N–H and O–H groups in total. The van der Waals surface area contributed by atoms with Crippen molar-refractivity contribution in [3.05, 3.63) is 58.4 Å². The van der Waals surface area contributed by atoms with Gasteiger partial charge >= 0.3 is 0 Å². The van der Waals surface area contributed by atoms with Crippen molar-refractivity contribution in [1.82, 2.24) is 10.3 Å². The summed E-state index contributed by atoms with van der Waals surface area (Å²) in [5.74, 6) is 0.122. The molecule has 1 aromatic carbocycles. The van der Waals surface area contributed by atoms with Crippen LogP contribution in [0, 0.1) is 0 Å². The van der Waals surface area contributed by atoms with Gasteiger partial charge in [-0.3, -0.25) is 4.79 Å². The summed E-state index contributed by atoms with van der Waals surface area (Å²) in [7, 11) is 0. The zero-order valence-corrected chi connectivity index (χ0v) is 12.6. The van der Waals surface area contributed by atoms with E-state index in [1.54, 1.807) is 11.3 Å². The summed E-state index contributed by atoms with van der Waals surface area (Å²) in [5, 5.41) is 6.26. The molecule has 0 radical (unpaired) electrons. The molecule has 3 nitrogen and oxygen atoms in total. The van der Waals surface area contributed by atoms with Crippen molar-refractivity contribution >= 4 is 28.1 Å². The van der Waals surface area contributed by atoms with Gasteiger partial charge in [0.25, 0.3) is 0 Å². The van der Waals surface area contributed by atoms with E-state index in [0.29, 0.717) is 13.0 Å². The Kier molecular flexibility index (Phi) is 4.36. The summed E-state index contributed by atoms with van der Waals surface area (Å²) < 4.78 is 0. The number of rotatable bonds is 6. The third-order valence-corrected chi connectivity index (χ3v) is 4.51. The monoisotopic (exact) mass is 298 g/mol. The molecule has 0 aliphatic carbocycles. The van der Waals surface area contributed by atoms with Crippen molar-refractivity contribution in [2.45, 2.75) is 19.3 Å². The SMILES string of the molecule is O=C(CCc1c[nH]c2ccccc12)NCCc1cccs1. The molecule has 0 saturated carbocycles. The highest BCUT2D eigenvalue weighted by Crippen LogP contribution is 2.18. The van der Waals surface area contributed by atoms with Gasteiger partial charge < -0.3 is 10.3 Å². The molecule has 2 aromatic heterocycles. The average molecular weight is 298 g/mol. The largest absolute Gasteiger partial charge is 0.361 e. The van der Waals surface area contributed by atoms with E-state index in [2.05, 4.69) is 33.9 Å². The number of thiophene rings is 1. The Morgan fingerprint density at radius 3 is 2.90 bits per heavy atom. The number of aromatic amines is 1. The van der Waals surface area contributed by atoms with Crippen molar-refractivity contribution in [1.29, 1.82) is 0 Å². The van der Waals surface area contributed by atoms with Crippen molar-refractivity contribution < 1.29 is 4.79 Å².